The van der Waals surface area contributed by atoms with E-state index >= 15 is 0 Å². The van der Waals surface area contributed by atoms with Gasteiger partial charge >= 0.3 is 5.97 Å². The maximum atomic E-state index is 10.3. The van der Waals surface area contributed by atoms with Crippen LogP contribution in [0.5, 0.6) is 0 Å². The van der Waals surface area contributed by atoms with Crippen LogP contribution in [0, 0.1) is 6.92 Å². The fourth-order valence-corrected chi connectivity index (χ4v) is 1.59. The second-order valence-corrected chi connectivity index (χ2v) is 4.44. The zero-order chi connectivity index (χ0) is 13.1. The van der Waals surface area contributed by atoms with Gasteiger partial charge in [-0.05, 0) is 30.7 Å². The van der Waals surface area contributed by atoms with Gasteiger partial charge in [0, 0.05) is 22.2 Å². The molecule has 1 N–H and O–H groups in total. The van der Waals surface area contributed by atoms with Crippen LogP contribution in [0.15, 0.2) is 33.2 Å². The van der Waals surface area contributed by atoms with Crippen molar-refractivity contribution in [3.63, 3.8) is 0 Å². The Morgan fingerprint density at radius 2 is 2.22 bits per heavy atom. The number of rotatable bonds is 3. The van der Waals surface area contributed by atoms with Gasteiger partial charge in [0.25, 0.3) is 0 Å². The van der Waals surface area contributed by atoms with Crippen LogP contribution in [0.2, 0.25) is 0 Å². The number of aromatic nitrogens is 2. The van der Waals surface area contributed by atoms with Crippen LogP contribution in [0.3, 0.4) is 0 Å². The zero-order valence-corrected chi connectivity index (χ0v) is 11.0. The summed E-state index contributed by atoms with van der Waals surface area (Å²) >= 11 is 3.40. The minimum atomic E-state index is -1.06. The minimum Gasteiger partial charge on any atom is -0.478 e. The molecule has 2 rings (SSSR count). The van der Waals surface area contributed by atoms with Crippen molar-refractivity contribution in [3.05, 3.63) is 40.2 Å². The Bertz CT molecular complexity index is 620. The van der Waals surface area contributed by atoms with E-state index in [1.54, 1.807) is 0 Å². The van der Waals surface area contributed by atoms with Gasteiger partial charge in [0.05, 0.1) is 0 Å². The summed E-state index contributed by atoms with van der Waals surface area (Å²) < 4.78 is 6.32. The lowest BCUT2D eigenvalue weighted by Crippen LogP contribution is -1.85. The van der Waals surface area contributed by atoms with Crippen molar-refractivity contribution in [2.24, 2.45) is 0 Å². The van der Waals surface area contributed by atoms with Crippen LogP contribution in [-0.4, -0.2) is 21.3 Å². The quantitative estimate of drug-likeness (QED) is 0.882. The Kier molecular flexibility index (Phi) is 3.57. The van der Waals surface area contributed by atoms with Gasteiger partial charge in [-0.25, -0.2) is 4.79 Å². The highest BCUT2D eigenvalue weighted by molar-refractivity contribution is 9.10. The second-order valence-electron chi connectivity index (χ2n) is 3.58. The van der Waals surface area contributed by atoms with E-state index in [2.05, 4.69) is 26.1 Å². The fraction of sp³-hybridized carbons (Fsp3) is 0.0833. The number of carbonyl (C=O) groups is 1. The van der Waals surface area contributed by atoms with Crippen molar-refractivity contribution in [1.29, 1.82) is 0 Å². The second kappa shape index (κ2) is 5.14. The normalized spacial score (nSPS) is 11.0. The molecule has 0 aliphatic heterocycles. The van der Waals surface area contributed by atoms with Gasteiger partial charge in [0.1, 0.15) is 0 Å². The Balaban J connectivity index is 2.29. The van der Waals surface area contributed by atoms with E-state index in [4.69, 9.17) is 9.52 Å². The maximum absolute atomic E-state index is 10.3. The highest BCUT2D eigenvalue weighted by Crippen LogP contribution is 2.24. The van der Waals surface area contributed by atoms with Crippen molar-refractivity contribution >= 4 is 28.0 Å². The Morgan fingerprint density at radius 3 is 2.89 bits per heavy atom. The van der Waals surface area contributed by atoms with Gasteiger partial charge in [-0.3, -0.25) is 0 Å². The van der Waals surface area contributed by atoms with Crippen molar-refractivity contribution in [2.75, 3.05) is 0 Å². The summed E-state index contributed by atoms with van der Waals surface area (Å²) in [4.78, 5) is 10.3. The summed E-state index contributed by atoms with van der Waals surface area (Å²) in [5.74, 6) is -0.544. The third-order valence-electron chi connectivity index (χ3n) is 2.21. The van der Waals surface area contributed by atoms with Gasteiger partial charge in [-0.15, -0.1) is 10.2 Å². The van der Waals surface area contributed by atoms with Gasteiger partial charge < -0.3 is 9.52 Å². The number of aryl methyl sites for hydroxylation is 1. The molecular formula is C12H9BrN2O3. The van der Waals surface area contributed by atoms with Gasteiger partial charge in [0.2, 0.25) is 11.8 Å². The number of hydrogen-bond donors (Lipinski definition) is 1. The number of carboxylic acid groups (broad SMARTS) is 1. The highest BCUT2D eigenvalue weighted by atomic mass is 79.9. The molecule has 0 bridgehead atoms. The van der Waals surface area contributed by atoms with Gasteiger partial charge in [-0.2, -0.15) is 0 Å². The van der Waals surface area contributed by atoms with Crippen molar-refractivity contribution in [3.8, 4) is 11.5 Å². The van der Waals surface area contributed by atoms with Crippen LogP contribution in [0.25, 0.3) is 17.5 Å². The molecule has 92 valence electrons. The first-order valence-electron chi connectivity index (χ1n) is 5.07. The molecule has 1 aromatic heterocycles. The first-order chi connectivity index (χ1) is 8.56. The molecule has 2 aromatic rings. The number of halogens is 1. The van der Waals surface area contributed by atoms with Gasteiger partial charge in [0.15, 0.2) is 0 Å². The third-order valence-corrected chi connectivity index (χ3v) is 3.10. The molecule has 0 amide bonds. The number of benzene rings is 1. The van der Waals surface area contributed by atoms with E-state index in [0.717, 1.165) is 21.7 Å². The molecule has 0 fully saturated rings. The molecule has 18 heavy (non-hydrogen) atoms. The largest absolute Gasteiger partial charge is 0.478 e. The standard InChI is InChI=1S/C12H9BrN2O3/c1-7-6-8(2-3-9(7)13)12-15-14-10(18-12)4-5-11(16)17/h2-6H,1H3,(H,16,17)/b5-4+. The fourth-order valence-electron chi connectivity index (χ4n) is 1.34. The summed E-state index contributed by atoms with van der Waals surface area (Å²) in [5, 5.41) is 16.1. The van der Waals surface area contributed by atoms with E-state index in [-0.39, 0.29) is 5.89 Å². The average Bonchev–Trinajstić information content (AvgIpc) is 2.79. The molecule has 1 heterocycles. The van der Waals surface area contributed by atoms with E-state index < -0.39 is 5.97 Å². The van der Waals surface area contributed by atoms with E-state index in [0.29, 0.717) is 5.89 Å². The molecule has 0 aliphatic rings. The summed E-state index contributed by atoms with van der Waals surface area (Å²) in [5.41, 5.74) is 1.84. The molecular weight excluding hydrogens is 300 g/mol. The molecule has 1 aromatic carbocycles. The van der Waals surface area contributed by atoms with Crippen molar-refractivity contribution < 1.29 is 14.3 Å². The van der Waals surface area contributed by atoms with Crippen LogP contribution in [0.1, 0.15) is 11.5 Å². The summed E-state index contributed by atoms with van der Waals surface area (Å²) in [6, 6.07) is 5.64. The molecule has 0 atom stereocenters. The van der Waals surface area contributed by atoms with E-state index in [1.165, 1.54) is 6.08 Å². The number of aliphatic carboxylic acids is 1. The molecule has 0 unspecified atom stereocenters. The Morgan fingerprint density at radius 1 is 1.44 bits per heavy atom. The van der Waals surface area contributed by atoms with E-state index in [9.17, 15) is 4.79 Å². The molecule has 0 spiro atoms. The van der Waals surface area contributed by atoms with Crippen molar-refractivity contribution in [1.82, 2.24) is 10.2 Å². The Hall–Kier alpha value is -1.95. The first kappa shape index (κ1) is 12.5. The number of carboxylic acids is 1. The smallest absolute Gasteiger partial charge is 0.328 e. The van der Waals surface area contributed by atoms with Gasteiger partial charge in [-0.1, -0.05) is 15.9 Å². The lowest BCUT2D eigenvalue weighted by Gasteiger charge is -1.99. The third kappa shape index (κ3) is 2.84. The maximum Gasteiger partial charge on any atom is 0.328 e. The predicted octanol–water partition coefficient (Wildman–Crippen LogP) is 2.91. The SMILES string of the molecule is Cc1cc(-c2nnc(/C=C/C(=O)O)o2)ccc1Br. The summed E-state index contributed by atoms with van der Waals surface area (Å²) in [6.07, 6.45) is 2.20. The lowest BCUT2D eigenvalue weighted by atomic mass is 10.1. The predicted molar refractivity (Wildman–Crippen MR) is 68.8 cm³/mol. The van der Waals surface area contributed by atoms with Crippen LogP contribution in [-0.2, 0) is 4.79 Å². The summed E-state index contributed by atoms with van der Waals surface area (Å²) in [6.45, 7) is 1.95. The zero-order valence-electron chi connectivity index (χ0n) is 9.42. The topological polar surface area (TPSA) is 76.2 Å². The molecule has 0 saturated carbocycles. The van der Waals surface area contributed by atoms with Crippen LogP contribution >= 0.6 is 15.9 Å². The number of hydrogen-bond acceptors (Lipinski definition) is 4. The molecule has 6 heteroatoms. The molecule has 0 aliphatic carbocycles. The molecule has 0 saturated heterocycles. The van der Waals surface area contributed by atoms with E-state index in [1.807, 2.05) is 25.1 Å². The lowest BCUT2D eigenvalue weighted by molar-refractivity contribution is -0.131. The highest BCUT2D eigenvalue weighted by Gasteiger charge is 2.08. The molecule has 0 radical (unpaired) electrons. The monoisotopic (exact) mass is 308 g/mol. The summed E-state index contributed by atoms with van der Waals surface area (Å²) in [7, 11) is 0. The average molecular weight is 309 g/mol. The van der Waals surface area contributed by atoms with Crippen LogP contribution in [0.4, 0.5) is 0 Å². The van der Waals surface area contributed by atoms with Crippen molar-refractivity contribution in [2.45, 2.75) is 6.92 Å². The van der Waals surface area contributed by atoms with Crippen LogP contribution < -0.4 is 0 Å². The minimum absolute atomic E-state index is 0.160. The first-order valence-corrected chi connectivity index (χ1v) is 5.86. The molecule has 5 nitrogen and oxygen atoms in total. The Labute approximate surface area is 111 Å². The number of nitrogens with zero attached hydrogens (tertiary/aromatic N) is 2.